The van der Waals surface area contributed by atoms with Crippen LogP contribution in [-0.4, -0.2) is 30.1 Å². The van der Waals surface area contributed by atoms with E-state index in [2.05, 4.69) is 5.32 Å². The van der Waals surface area contributed by atoms with Crippen molar-refractivity contribution in [3.63, 3.8) is 0 Å². The molecule has 128 valence electrons. The molecule has 0 radical (unpaired) electrons. The van der Waals surface area contributed by atoms with Crippen molar-refractivity contribution in [3.05, 3.63) is 53.6 Å². The van der Waals surface area contributed by atoms with Crippen LogP contribution in [0.5, 0.6) is 11.5 Å². The van der Waals surface area contributed by atoms with Crippen molar-refractivity contribution >= 4 is 16.7 Å². The average Bonchev–Trinajstić information content (AvgIpc) is 2.65. The molecule has 0 aliphatic carbocycles. The van der Waals surface area contributed by atoms with Gasteiger partial charge >= 0.3 is 0 Å². The molecule has 0 fully saturated rings. The van der Waals surface area contributed by atoms with Crippen LogP contribution in [0.1, 0.15) is 22.8 Å². The molecule has 1 amide bonds. The molecule has 2 aromatic carbocycles. The molecular weight excluding hydrogens is 326 g/mol. The number of nitrogens with one attached hydrogen (secondary N) is 1. The Hall–Kier alpha value is -2.34. The molecule has 0 unspecified atom stereocenters. The summed E-state index contributed by atoms with van der Waals surface area (Å²) < 4.78 is 22.6. The fraction of sp³-hybridized carbons (Fsp3) is 0.278. The molecule has 5 nitrogen and oxygen atoms in total. The molecule has 24 heavy (non-hydrogen) atoms. The van der Waals surface area contributed by atoms with Gasteiger partial charge in [0.1, 0.15) is 11.5 Å². The van der Waals surface area contributed by atoms with Gasteiger partial charge in [0.25, 0.3) is 5.91 Å². The SMILES string of the molecule is CC[S@](=O)c1ccccc1C(=O)NCc1cc(OC)ccc1OC. The minimum atomic E-state index is -1.19. The molecule has 0 bridgehead atoms. The smallest absolute Gasteiger partial charge is 0.252 e. The van der Waals surface area contributed by atoms with E-state index in [4.69, 9.17) is 9.47 Å². The van der Waals surface area contributed by atoms with Crippen molar-refractivity contribution in [1.29, 1.82) is 0 Å². The lowest BCUT2D eigenvalue weighted by Crippen LogP contribution is -2.24. The van der Waals surface area contributed by atoms with Crippen LogP contribution in [0.15, 0.2) is 47.4 Å². The molecular formula is C18H21NO4S. The lowest BCUT2D eigenvalue weighted by atomic mass is 10.1. The van der Waals surface area contributed by atoms with E-state index < -0.39 is 10.8 Å². The zero-order valence-corrected chi connectivity index (χ0v) is 14.8. The Kier molecular flexibility index (Phi) is 6.37. The highest BCUT2D eigenvalue weighted by atomic mass is 32.2. The van der Waals surface area contributed by atoms with Crippen molar-refractivity contribution in [3.8, 4) is 11.5 Å². The van der Waals surface area contributed by atoms with Crippen LogP contribution in [0.2, 0.25) is 0 Å². The Morgan fingerprint density at radius 2 is 1.88 bits per heavy atom. The highest BCUT2D eigenvalue weighted by Gasteiger charge is 2.15. The number of carbonyl (C=O) groups excluding carboxylic acids is 1. The lowest BCUT2D eigenvalue weighted by Gasteiger charge is -2.12. The summed E-state index contributed by atoms with van der Waals surface area (Å²) in [6.07, 6.45) is 0. The second kappa shape index (κ2) is 8.49. The number of rotatable bonds is 7. The van der Waals surface area contributed by atoms with Gasteiger partial charge in [0.15, 0.2) is 0 Å². The second-order valence-electron chi connectivity index (χ2n) is 4.99. The van der Waals surface area contributed by atoms with Gasteiger partial charge < -0.3 is 14.8 Å². The van der Waals surface area contributed by atoms with E-state index in [0.29, 0.717) is 27.7 Å². The van der Waals surface area contributed by atoms with Crippen LogP contribution in [0.3, 0.4) is 0 Å². The molecule has 0 aliphatic heterocycles. The first-order valence-electron chi connectivity index (χ1n) is 7.57. The highest BCUT2D eigenvalue weighted by molar-refractivity contribution is 7.85. The standard InChI is InChI=1S/C18H21NO4S/c1-4-24(21)17-8-6-5-7-15(17)18(20)19-12-13-11-14(22-2)9-10-16(13)23-3/h5-11H,4,12H2,1-3H3,(H,19,20)/t24-/m0/s1. The molecule has 2 aromatic rings. The fourth-order valence-corrected chi connectivity index (χ4v) is 3.25. The summed E-state index contributed by atoms with van der Waals surface area (Å²) >= 11 is 0. The van der Waals surface area contributed by atoms with Gasteiger partial charge in [0.05, 0.1) is 35.5 Å². The minimum absolute atomic E-state index is 0.266. The van der Waals surface area contributed by atoms with Crippen LogP contribution in [0.4, 0.5) is 0 Å². The number of benzene rings is 2. The van der Waals surface area contributed by atoms with Gasteiger partial charge in [-0.2, -0.15) is 0 Å². The Morgan fingerprint density at radius 3 is 2.54 bits per heavy atom. The Morgan fingerprint density at radius 1 is 1.12 bits per heavy atom. The maximum atomic E-state index is 12.5. The first-order valence-corrected chi connectivity index (χ1v) is 8.89. The van der Waals surface area contributed by atoms with E-state index >= 15 is 0 Å². The van der Waals surface area contributed by atoms with Gasteiger partial charge in [-0.3, -0.25) is 9.00 Å². The van der Waals surface area contributed by atoms with E-state index in [9.17, 15) is 9.00 Å². The summed E-state index contributed by atoms with van der Waals surface area (Å²) in [6, 6.07) is 12.4. The van der Waals surface area contributed by atoms with Crippen LogP contribution < -0.4 is 14.8 Å². The number of hydrogen-bond acceptors (Lipinski definition) is 4. The maximum absolute atomic E-state index is 12.5. The normalized spacial score (nSPS) is 11.6. The van der Waals surface area contributed by atoms with E-state index in [1.807, 2.05) is 13.0 Å². The van der Waals surface area contributed by atoms with Crippen molar-refractivity contribution in [2.75, 3.05) is 20.0 Å². The first kappa shape index (κ1) is 18.0. The van der Waals surface area contributed by atoms with E-state index in [1.165, 1.54) is 0 Å². The van der Waals surface area contributed by atoms with Crippen molar-refractivity contribution in [2.24, 2.45) is 0 Å². The predicted octanol–water partition coefficient (Wildman–Crippen LogP) is 2.76. The van der Waals surface area contributed by atoms with Crippen LogP contribution in [0.25, 0.3) is 0 Å². The second-order valence-corrected chi connectivity index (χ2v) is 6.70. The van der Waals surface area contributed by atoms with Crippen LogP contribution >= 0.6 is 0 Å². The summed E-state index contributed by atoms with van der Waals surface area (Å²) in [5.41, 5.74) is 1.24. The van der Waals surface area contributed by atoms with Gasteiger partial charge in [-0.05, 0) is 30.3 Å². The average molecular weight is 347 g/mol. The number of amides is 1. The zero-order chi connectivity index (χ0) is 17.5. The van der Waals surface area contributed by atoms with E-state index in [0.717, 1.165) is 5.56 Å². The Labute approximate surface area is 144 Å². The van der Waals surface area contributed by atoms with Crippen molar-refractivity contribution in [2.45, 2.75) is 18.4 Å². The molecule has 0 saturated heterocycles. The molecule has 0 spiro atoms. The third kappa shape index (κ3) is 4.14. The predicted molar refractivity (Wildman–Crippen MR) is 94.1 cm³/mol. The van der Waals surface area contributed by atoms with Gasteiger partial charge in [-0.1, -0.05) is 19.1 Å². The van der Waals surface area contributed by atoms with E-state index in [1.54, 1.807) is 50.6 Å². The molecule has 6 heteroatoms. The summed E-state index contributed by atoms with van der Waals surface area (Å²) in [5.74, 6) is 1.56. The molecule has 1 N–H and O–H groups in total. The molecule has 0 aromatic heterocycles. The molecule has 0 heterocycles. The van der Waals surface area contributed by atoms with Crippen molar-refractivity contribution < 1.29 is 18.5 Å². The third-order valence-corrected chi connectivity index (χ3v) is 4.94. The first-order chi connectivity index (χ1) is 11.6. The third-order valence-electron chi connectivity index (χ3n) is 3.57. The van der Waals surface area contributed by atoms with Crippen LogP contribution in [0, 0.1) is 0 Å². The minimum Gasteiger partial charge on any atom is -0.497 e. The van der Waals surface area contributed by atoms with Gasteiger partial charge in [0, 0.05) is 17.9 Å². The fourth-order valence-electron chi connectivity index (χ4n) is 2.30. The number of methoxy groups -OCH3 is 2. The molecule has 0 saturated carbocycles. The largest absolute Gasteiger partial charge is 0.497 e. The Balaban J connectivity index is 2.19. The quantitative estimate of drug-likeness (QED) is 0.836. The number of carbonyl (C=O) groups is 1. The molecule has 1 atom stereocenters. The summed E-state index contributed by atoms with van der Waals surface area (Å²) in [6.45, 7) is 2.11. The molecule has 0 aliphatic rings. The van der Waals surface area contributed by atoms with Crippen molar-refractivity contribution in [1.82, 2.24) is 5.32 Å². The highest BCUT2D eigenvalue weighted by Crippen LogP contribution is 2.24. The number of hydrogen-bond donors (Lipinski definition) is 1. The van der Waals surface area contributed by atoms with Gasteiger partial charge in [-0.15, -0.1) is 0 Å². The lowest BCUT2D eigenvalue weighted by molar-refractivity contribution is 0.0947. The molecule has 2 rings (SSSR count). The summed E-state index contributed by atoms with van der Waals surface area (Å²) in [4.78, 5) is 13.0. The maximum Gasteiger partial charge on any atom is 0.252 e. The van der Waals surface area contributed by atoms with Gasteiger partial charge in [0.2, 0.25) is 0 Å². The zero-order valence-electron chi connectivity index (χ0n) is 14.0. The topological polar surface area (TPSA) is 64.6 Å². The van der Waals surface area contributed by atoms with E-state index in [-0.39, 0.29) is 12.5 Å². The Bertz CT molecular complexity index is 746. The van der Waals surface area contributed by atoms with Crippen LogP contribution in [-0.2, 0) is 17.3 Å². The monoisotopic (exact) mass is 347 g/mol. The number of ether oxygens (including phenoxy) is 2. The van der Waals surface area contributed by atoms with Gasteiger partial charge in [-0.25, -0.2) is 0 Å². The summed E-state index contributed by atoms with van der Waals surface area (Å²) in [5, 5.41) is 2.85. The summed E-state index contributed by atoms with van der Waals surface area (Å²) in [7, 11) is 1.97.